The van der Waals surface area contributed by atoms with E-state index in [2.05, 4.69) is 5.32 Å². The van der Waals surface area contributed by atoms with E-state index in [0.717, 1.165) is 43.7 Å². The average Bonchev–Trinajstić information content (AvgIpc) is 3.19. The number of amides is 1. The van der Waals surface area contributed by atoms with Crippen LogP contribution in [-0.2, 0) is 0 Å². The maximum Gasteiger partial charge on any atom is 0.254 e. The summed E-state index contributed by atoms with van der Waals surface area (Å²) < 4.78 is 5.99. The number of likely N-dealkylation sites (N-methyl/N-ethyl adjacent to an activating group) is 1. The lowest BCUT2D eigenvalue weighted by molar-refractivity contribution is 0.0743. The van der Waals surface area contributed by atoms with E-state index in [1.807, 2.05) is 36.2 Å². The van der Waals surface area contributed by atoms with Crippen molar-refractivity contribution in [1.82, 2.24) is 10.2 Å². The fourth-order valence-electron chi connectivity index (χ4n) is 3.24. The molecule has 1 amide bonds. The Morgan fingerprint density at radius 3 is 2.73 bits per heavy atom. The highest BCUT2D eigenvalue weighted by Gasteiger charge is 2.24. The van der Waals surface area contributed by atoms with Crippen LogP contribution < -0.4 is 10.1 Å². The highest BCUT2D eigenvalue weighted by molar-refractivity contribution is 5.94. The van der Waals surface area contributed by atoms with Crippen molar-refractivity contribution in [2.75, 3.05) is 20.1 Å². The number of carbonyl (C=O) groups is 1. The number of halogens is 1. The van der Waals surface area contributed by atoms with Crippen molar-refractivity contribution >= 4 is 18.3 Å². The summed E-state index contributed by atoms with van der Waals surface area (Å²) in [5.41, 5.74) is 0.722. The quantitative estimate of drug-likeness (QED) is 0.926. The first-order chi connectivity index (χ1) is 10.2. The molecular formula is C17H25ClN2O2. The van der Waals surface area contributed by atoms with Gasteiger partial charge in [-0.3, -0.25) is 4.79 Å². The van der Waals surface area contributed by atoms with E-state index >= 15 is 0 Å². The molecule has 5 heteroatoms. The molecule has 1 atom stereocenters. The third-order valence-corrected chi connectivity index (χ3v) is 4.59. The van der Waals surface area contributed by atoms with E-state index in [1.54, 1.807) is 0 Å². The normalized spacial score (nSPS) is 21.4. The van der Waals surface area contributed by atoms with Crippen LogP contribution in [0.3, 0.4) is 0 Å². The minimum absolute atomic E-state index is 0. The number of nitrogens with zero attached hydrogens (tertiary/aromatic N) is 1. The van der Waals surface area contributed by atoms with Crippen molar-refractivity contribution in [3.05, 3.63) is 29.8 Å². The van der Waals surface area contributed by atoms with Crippen LogP contribution in [-0.4, -0.2) is 43.1 Å². The Labute approximate surface area is 138 Å². The first-order valence-electron chi connectivity index (χ1n) is 7.98. The third kappa shape index (κ3) is 3.93. The first kappa shape index (κ1) is 17.1. The van der Waals surface area contributed by atoms with E-state index in [-0.39, 0.29) is 18.3 Å². The van der Waals surface area contributed by atoms with Crippen LogP contribution >= 0.6 is 12.4 Å². The molecule has 1 saturated heterocycles. The van der Waals surface area contributed by atoms with Gasteiger partial charge in [0.1, 0.15) is 5.75 Å². The van der Waals surface area contributed by atoms with E-state index in [1.165, 1.54) is 12.8 Å². The highest BCUT2D eigenvalue weighted by atomic mass is 35.5. The number of hydrogen-bond acceptors (Lipinski definition) is 3. The van der Waals surface area contributed by atoms with Crippen LogP contribution in [0.2, 0.25) is 0 Å². The van der Waals surface area contributed by atoms with Gasteiger partial charge >= 0.3 is 0 Å². The largest absolute Gasteiger partial charge is 0.490 e. The Balaban J connectivity index is 0.00000176. The van der Waals surface area contributed by atoms with E-state index in [0.29, 0.717) is 12.1 Å². The SMILES string of the molecule is CN(C(=O)c1cccc(OC2CCCC2)c1)C1CCNC1.Cl. The molecule has 1 aromatic rings. The molecule has 3 rings (SSSR count). The number of nitrogens with one attached hydrogen (secondary N) is 1. The van der Waals surface area contributed by atoms with Crippen LogP contribution in [0.25, 0.3) is 0 Å². The smallest absolute Gasteiger partial charge is 0.254 e. The molecule has 1 saturated carbocycles. The summed E-state index contributed by atoms with van der Waals surface area (Å²) in [5, 5.41) is 3.30. The predicted octanol–water partition coefficient (Wildman–Crippen LogP) is 2.86. The molecule has 2 aliphatic rings. The molecule has 1 heterocycles. The Bertz CT molecular complexity index is 497. The van der Waals surface area contributed by atoms with Crippen LogP contribution in [0.15, 0.2) is 24.3 Å². The number of benzene rings is 1. The number of carbonyl (C=O) groups excluding carboxylic acids is 1. The Hall–Kier alpha value is -1.26. The average molecular weight is 325 g/mol. The van der Waals surface area contributed by atoms with Crippen LogP contribution in [0.4, 0.5) is 0 Å². The zero-order chi connectivity index (χ0) is 14.7. The van der Waals surface area contributed by atoms with Crippen LogP contribution in [0, 0.1) is 0 Å². The van der Waals surface area contributed by atoms with Crippen molar-refractivity contribution < 1.29 is 9.53 Å². The number of hydrogen-bond donors (Lipinski definition) is 1. The van der Waals surface area contributed by atoms with Crippen molar-refractivity contribution in [2.24, 2.45) is 0 Å². The van der Waals surface area contributed by atoms with Gasteiger partial charge in [0.15, 0.2) is 0 Å². The molecule has 0 radical (unpaired) electrons. The van der Waals surface area contributed by atoms with Crippen molar-refractivity contribution in [3.63, 3.8) is 0 Å². The second-order valence-corrected chi connectivity index (χ2v) is 6.11. The fourth-order valence-corrected chi connectivity index (χ4v) is 3.24. The van der Waals surface area contributed by atoms with E-state index in [9.17, 15) is 4.79 Å². The second kappa shape index (κ2) is 7.84. The molecule has 0 spiro atoms. The summed E-state index contributed by atoms with van der Waals surface area (Å²) in [6.45, 7) is 1.88. The fraction of sp³-hybridized carbons (Fsp3) is 0.588. The molecule has 1 aromatic carbocycles. The van der Waals surface area contributed by atoms with Crippen molar-refractivity contribution in [2.45, 2.75) is 44.2 Å². The molecule has 4 nitrogen and oxygen atoms in total. The number of rotatable bonds is 4. The molecule has 0 aromatic heterocycles. The van der Waals surface area contributed by atoms with Crippen LogP contribution in [0.5, 0.6) is 5.75 Å². The summed E-state index contributed by atoms with van der Waals surface area (Å²) in [6, 6.07) is 7.93. The molecule has 1 aliphatic heterocycles. The van der Waals surface area contributed by atoms with Gasteiger partial charge in [0.2, 0.25) is 0 Å². The van der Waals surface area contributed by atoms with Gasteiger partial charge in [0.25, 0.3) is 5.91 Å². The number of ether oxygens (including phenoxy) is 1. The summed E-state index contributed by atoms with van der Waals surface area (Å²) in [6.07, 6.45) is 6.12. The first-order valence-corrected chi connectivity index (χ1v) is 7.98. The maximum atomic E-state index is 12.6. The lowest BCUT2D eigenvalue weighted by Gasteiger charge is -2.24. The van der Waals surface area contributed by atoms with Gasteiger partial charge in [-0.05, 0) is 56.8 Å². The topological polar surface area (TPSA) is 41.6 Å². The molecule has 0 bridgehead atoms. The minimum Gasteiger partial charge on any atom is -0.490 e. The monoisotopic (exact) mass is 324 g/mol. The summed E-state index contributed by atoms with van der Waals surface area (Å²) in [4.78, 5) is 14.4. The minimum atomic E-state index is 0. The standard InChI is InChI=1S/C17H24N2O2.ClH/c1-19(14-9-10-18-12-14)17(20)13-5-4-8-16(11-13)21-15-6-2-3-7-15;/h4-5,8,11,14-15,18H,2-3,6-7,9-10,12H2,1H3;1H. The Morgan fingerprint density at radius 1 is 1.27 bits per heavy atom. The maximum absolute atomic E-state index is 12.6. The summed E-state index contributed by atoms with van der Waals surface area (Å²) in [7, 11) is 1.89. The lowest BCUT2D eigenvalue weighted by Crippen LogP contribution is -2.38. The van der Waals surface area contributed by atoms with Gasteiger partial charge in [-0.25, -0.2) is 0 Å². The third-order valence-electron chi connectivity index (χ3n) is 4.59. The van der Waals surface area contributed by atoms with E-state index in [4.69, 9.17) is 4.74 Å². The van der Waals surface area contributed by atoms with Gasteiger partial charge in [-0.2, -0.15) is 0 Å². The van der Waals surface area contributed by atoms with Gasteiger partial charge in [0, 0.05) is 25.2 Å². The molecule has 2 fully saturated rings. The Morgan fingerprint density at radius 2 is 2.05 bits per heavy atom. The molecule has 1 aliphatic carbocycles. The lowest BCUT2D eigenvalue weighted by atomic mass is 10.1. The van der Waals surface area contributed by atoms with Crippen molar-refractivity contribution in [1.29, 1.82) is 0 Å². The van der Waals surface area contributed by atoms with Gasteiger partial charge in [-0.1, -0.05) is 6.07 Å². The second-order valence-electron chi connectivity index (χ2n) is 6.11. The molecule has 1 N–H and O–H groups in total. The predicted molar refractivity (Wildman–Crippen MR) is 89.9 cm³/mol. The molecule has 22 heavy (non-hydrogen) atoms. The van der Waals surface area contributed by atoms with Crippen molar-refractivity contribution in [3.8, 4) is 5.75 Å². The zero-order valence-corrected chi connectivity index (χ0v) is 13.9. The zero-order valence-electron chi connectivity index (χ0n) is 13.1. The molecule has 122 valence electrons. The molecular weight excluding hydrogens is 300 g/mol. The van der Waals surface area contributed by atoms with E-state index < -0.39 is 0 Å². The Kier molecular flexibility index (Phi) is 6.09. The summed E-state index contributed by atoms with van der Waals surface area (Å²) in [5.74, 6) is 0.909. The van der Waals surface area contributed by atoms with Gasteiger partial charge in [0.05, 0.1) is 6.10 Å². The van der Waals surface area contributed by atoms with Gasteiger partial charge < -0.3 is 15.0 Å². The molecule has 1 unspecified atom stereocenters. The highest BCUT2D eigenvalue weighted by Crippen LogP contribution is 2.25. The van der Waals surface area contributed by atoms with Crippen LogP contribution in [0.1, 0.15) is 42.5 Å². The van der Waals surface area contributed by atoms with Gasteiger partial charge in [-0.15, -0.1) is 12.4 Å². The summed E-state index contributed by atoms with van der Waals surface area (Å²) >= 11 is 0.